The van der Waals surface area contributed by atoms with Crippen molar-refractivity contribution < 1.29 is 4.74 Å². The Labute approximate surface area is 123 Å². The lowest BCUT2D eigenvalue weighted by molar-refractivity contribution is 0.282. The van der Waals surface area contributed by atoms with Crippen molar-refractivity contribution in [3.63, 3.8) is 0 Å². The first kappa shape index (κ1) is 16.7. The molecule has 1 aromatic rings. The van der Waals surface area contributed by atoms with Crippen molar-refractivity contribution in [2.24, 2.45) is 5.92 Å². The molecule has 20 heavy (non-hydrogen) atoms. The molecule has 1 N–H and O–H groups in total. The molecule has 0 amide bonds. The van der Waals surface area contributed by atoms with E-state index in [9.17, 15) is 0 Å². The second kappa shape index (κ2) is 6.91. The highest BCUT2D eigenvalue weighted by molar-refractivity contribution is 5.48. The molecule has 0 aromatic carbocycles. The van der Waals surface area contributed by atoms with Crippen LogP contribution in [0, 0.1) is 12.8 Å². The van der Waals surface area contributed by atoms with E-state index < -0.39 is 0 Å². The molecule has 1 aromatic heterocycles. The van der Waals surface area contributed by atoms with Gasteiger partial charge in [0.2, 0.25) is 5.88 Å². The summed E-state index contributed by atoms with van der Waals surface area (Å²) >= 11 is 0. The van der Waals surface area contributed by atoms with E-state index >= 15 is 0 Å². The number of rotatable bonds is 6. The van der Waals surface area contributed by atoms with Crippen LogP contribution >= 0.6 is 0 Å². The van der Waals surface area contributed by atoms with Crippen LogP contribution in [0.2, 0.25) is 0 Å². The fourth-order valence-corrected chi connectivity index (χ4v) is 1.88. The summed E-state index contributed by atoms with van der Waals surface area (Å²) in [5.74, 6) is 3.08. The van der Waals surface area contributed by atoms with E-state index in [1.54, 1.807) is 0 Å². The summed E-state index contributed by atoms with van der Waals surface area (Å²) in [6, 6.07) is 0. The van der Waals surface area contributed by atoms with Gasteiger partial charge < -0.3 is 10.1 Å². The van der Waals surface area contributed by atoms with E-state index in [0.29, 0.717) is 18.4 Å². The highest BCUT2D eigenvalue weighted by Gasteiger charge is 2.21. The van der Waals surface area contributed by atoms with E-state index in [4.69, 9.17) is 4.74 Å². The van der Waals surface area contributed by atoms with Gasteiger partial charge in [0.15, 0.2) is 0 Å². The van der Waals surface area contributed by atoms with Crippen LogP contribution in [-0.2, 0) is 5.41 Å². The summed E-state index contributed by atoms with van der Waals surface area (Å²) in [5.41, 5.74) is 0.889. The van der Waals surface area contributed by atoms with Gasteiger partial charge in [-0.05, 0) is 25.7 Å². The van der Waals surface area contributed by atoms with Crippen molar-refractivity contribution in [3.8, 4) is 5.88 Å². The molecule has 0 fully saturated rings. The van der Waals surface area contributed by atoms with Crippen LogP contribution in [0.5, 0.6) is 5.88 Å². The van der Waals surface area contributed by atoms with E-state index in [1.807, 2.05) is 14.0 Å². The lowest BCUT2D eigenvalue weighted by Gasteiger charge is -2.20. The fourth-order valence-electron chi connectivity index (χ4n) is 1.88. The number of aromatic nitrogens is 2. The minimum Gasteiger partial charge on any atom is -0.477 e. The van der Waals surface area contributed by atoms with Crippen LogP contribution in [0.3, 0.4) is 0 Å². The van der Waals surface area contributed by atoms with Crippen LogP contribution in [0.4, 0.5) is 5.82 Å². The van der Waals surface area contributed by atoms with Crippen LogP contribution in [0.15, 0.2) is 0 Å². The van der Waals surface area contributed by atoms with Crippen molar-refractivity contribution in [1.82, 2.24) is 9.97 Å². The SMILES string of the molecule is CNc1nc(C(C)(C)C)nc(OCCCC(C)C)c1C. The molecule has 0 unspecified atom stereocenters. The maximum atomic E-state index is 5.87. The molecule has 4 nitrogen and oxygen atoms in total. The Bertz CT molecular complexity index is 436. The zero-order chi connectivity index (χ0) is 15.3. The summed E-state index contributed by atoms with van der Waals surface area (Å²) in [4.78, 5) is 9.17. The van der Waals surface area contributed by atoms with Gasteiger partial charge in [0.1, 0.15) is 11.6 Å². The molecule has 0 radical (unpaired) electrons. The predicted octanol–water partition coefficient (Wildman–Crippen LogP) is 3.94. The molecule has 1 rings (SSSR count). The van der Waals surface area contributed by atoms with Gasteiger partial charge >= 0.3 is 0 Å². The average Bonchev–Trinajstić information content (AvgIpc) is 2.34. The van der Waals surface area contributed by atoms with E-state index in [1.165, 1.54) is 6.42 Å². The number of nitrogens with one attached hydrogen (secondary N) is 1. The Morgan fingerprint density at radius 1 is 1.20 bits per heavy atom. The Kier molecular flexibility index (Phi) is 5.78. The number of ether oxygens (including phenoxy) is 1. The molecule has 0 spiro atoms. The number of anilines is 1. The highest BCUT2D eigenvalue weighted by Crippen LogP contribution is 2.27. The first-order valence-electron chi connectivity index (χ1n) is 7.45. The van der Waals surface area contributed by atoms with Gasteiger partial charge in [-0.25, -0.2) is 4.98 Å². The second-order valence-electron chi connectivity index (χ2n) is 6.71. The van der Waals surface area contributed by atoms with E-state index in [-0.39, 0.29) is 5.41 Å². The molecule has 4 heteroatoms. The zero-order valence-corrected chi connectivity index (χ0v) is 14.0. The first-order valence-corrected chi connectivity index (χ1v) is 7.45. The molecule has 0 saturated heterocycles. The van der Waals surface area contributed by atoms with Gasteiger partial charge in [-0.3, -0.25) is 0 Å². The van der Waals surface area contributed by atoms with Gasteiger partial charge in [0.05, 0.1) is 12.2 Å². The van der Waals surface area contributed by atoms with E-state index in [2.05, 4.69) is 49.9 Å². The van der Waals surface area contributed by atoms with Crippen LogP contribution in [0.1, 0.15) is 58.8 Å². The zero-order valence-electron chi connectivity index (χ0n) is 14.0. The second-order valence-corrected chi connectivity index (χ2v) is 6.71. The van der Waals surface area contributed by atoms with Crippen LogP contribution < -0.4 is 10.1 Å². The number of hydrogen-bond acceptors (Lipinski definition) is 4. The normalized spacial score (nSPS) is 11.8. The Hall–Kier alpha value is -1.32. The van der Waals surface area contributed by atoms with Crippen molar-refractivity contribution in [2.75, 3.05) is 19.0 Å². The standard InChI is InChI=1S/C16H29N3O/c1-11(2)9-8-10-20-14-12(3)13(17-7)18-15(19-14)16(4,5)6/h11H,8-10H2,1-7H3,(H,17,18,19). The minimum atomic E-state index is -0.0880. The van der Waals surface area contributed by atoms with Crippen molar-refractivity contribution in [1.29, 1.82) is 0 Å². The molecule has 0 saturated carbocycles. The maximum Gasteiger partial charge on any atom is 0.221 e. The lowest BCUT2D eigenvalue weighted by atomic mass is 9.95. The summed E-state index contributed by atoms with van der Waals surface area (Å²) in [5, 5.41) is 3.13. The van der Waals surface area contributed by atoms with Gasteiger partial charge in [-0.2, -0.15) is 4.98 Å². The molecule has 1 heterocycles. The van der Waals surface area contributed by atoms with Crippen LogP contribution in [0.25, 0.3) is 0 Å². The Morgan fingerprint density at radius 3 is 2.35 bits per heavy atom. The van der Waals surface area contributed by atoms with E-state index in [0.717, 1.165) is 23.6 Å². The molecular formula is C16H29N3O. The molecular weight excluding hydrogens is 250 g/mol. The monoisotopic (exact) mass is 279 g/mol. The topological polar surface area (TPSA) is 47.0 Å². The molecule has 114 valence electrons. The third kappa shape index (κ3) is 4.66. The third-order valence-electron chi connectivity index (χ3n) is 3.17. The average molecular weight is 279 g/mol. The largest absolute Gasteiger partial charge is 0.477 e. The van der Waals surface area contributed by atoms with Gasteiger partial charge in [0.25, 0.3) is 0 Å². The Morgan fingerprint density at radius 2 is 1.85 bits per heavy atom. The van der Waals surface area contributed by atoms with Crippen molar-refractivity contribution in [2.45, 2.75) is 59.8 Å². The summed E-state index contributed by atoms with van der Waals surface area (Å²) in [7, 11) is 1.88. The molecule has 0 aliphatic carbocycles. The van der Waals surface area contributed by atoms with Crippen molar-refractivity contribution in [3.05, 3.63) is 11.4 Å². The van der Waals surface area contributed by atoms with Gasteiger partial charge in [0, 0.05) is 12.5 Å². The molecule has 0 aliphatic heterocycles. The summed E-state index contributed by atoms with van der Waals surface area (Å²) < 4.78 is 5.87. The van der Waals surface area contributed by atoms with Gasteiger partial charge in [-0.15, -0.1) is 0 Å². The molecule has 0 atom stereocenters. The third-order valence-corrected chi connectivity index (χ3v) is 3.17. The highest BCUT2D eigenvalue weighted by atomic mass is 16.5. The quantitative estimate of drug-likeness (QED) is 0.801. The fraction of sp³-hybridized carbons (Fsp3) is 0.750. The molecule has 0 aliphatic rings. The van der Waals surface area contributed by atoms with Crippen molar-refractivity contribution >= 4 is 5.82 Å². The van der Waals surface area contributed by atoms with Gasteiger partial charge in [-0.1, -0.05) is 34.6 Å². The molecule has 0 bridgehead atoms. The lowest BCUT2D eigenvalue weighted by Crippen LogP contribution is -2.18. The summed E-state index contributed by atoms with van der Waals surface area (Å²) in [6.07, 6.45) is 2.23. The van der Waals surface area contributed by atoms with Crippen LogP contribution in [-0.4, -0.2) is 23.6 Å². The first-order chi connectivity index (χ1) is 9.25. The number of nitrogens with zero attached hydrogens (tertiary/aromatic N) is 2. The maximum absolute atomic E-state index is 5.87. The number of hydrogen-bond donors (Lipinski definition) is 1. The predicted molar refractivity (Wildman–Crippen MR) is 84.6 cm³/mol. The Balaban J connectivity index is 2.88. The summed E-state index contributed by atoms with van der Waals surface area (Å²) in [6.45, 7) is 13.5. The smallest absolute Gasteiger partial charge is 0.221 e. The minimum absolute atomic E-state index is 0.0880.